The first kappa shape index (κ1) is 19.7. The van der Waals surface area contributed by atoms with E-state index in [-0.39, 0.29) is 0 Å². The van der Waals surface area contributed by atoms with Gasteiger partial charge in [0, 0.05) is 128 Å². The van der Waals surface area contributed by atoms with Crippen LogP contribution < -0.4 is 4.90 Å². The van der Waals surface area contributed by atoms with Crippen molar-refractivity contribution in [3.63, 3.8) is 0 Å². The summed E-state index contributed by atoms with van der Waals surface area (Å²) in [6, 6.07) is 98.7. The topological polar surface area (TPSA) is 7.65 Å². The molecule has 0 unspecified atom stereocenters. The smallest absolute Gasteiger partial charge is 0.0714 e. The SMILES string of the molecule is [2H][2H].[2H][2H].[2H][2H].[2H][2H].[2H][2H].[2H][2H].[2H][2H].[2H][2H].[2H][2H].[2H][2H].[2H][2H].[2H][2H].[2H][2H].[2H][2H].[2H][2H].[2H][2H].[2H][2H].[2H][2H].[2H][2H].[2H][2H].[2H][2H].[2H][2H].[2H][2H].[2H][2H].[2H][2H].[2H][2H].[2H][2H].[2H][2H].[2H][2H].[2H][2H].c1ccc(-c2c3ccccc3n3c4ccccc4c4ccc(-c5ccc(N(c6ccc7c(c6)C(c6ccccc6)(c6ccccc6)c6ccccc6-7)c6ccc7ccccc7c6)cc5)cc4c23)cc1. The highest BCUT2D eigenvalue weighted by Crippen LogP contribution is 2.57. The minimum atomic E-state index is -0.511. The molecule has 0 atom stereocenters. The number of aromatic nitrogens is 1. The third kappa shape index (κ3) is 5.92. The van der Waals surface area contributed by atoms with Gasteiger partial charge in [0.1, 0.15) is 0 Å². The van der Waals surface area contributed by atoms with Gasteiger partial charge in [-0.2, -0.15) is 0 Å². The predicted molar refractivity (Wildman–Crippen MR) is 354 cm³/mol. The maximum atomic E-state index is 5.00. The highest BCUT2D eigenvalue weighted by Gasteiger charge is 2.46. The van der Waals surface area contributed by atoms with Gasteiger partial charge in [0.25, 0.3) is 0 Å². The van der Waals surface area contributed by atoms with E-state index in [4.69, 9.17) is 89.1 Å². The standard InChI is InChI=1S/C67H44N2.30H2/c1-4-19-47(20-5-1)65-59-28-14-17-31-64(59)69-63-30-16-13-27-58(63)55-40-35-49(43-60(55)66(65)69)46-32-36-52(37-33-46)68(53-38-34-45-18-10-11-21-48(45)42-53)54-39-41-57-56-26-12-15-29-61(56)67(62(57)44-54,50-22-6-2-7-23-50)51-24-8-3-9-25-51;;;;;;;;;;;;;;;;;;;;;;;;;;;;;;/h1-44H;30*1H/i;30*1+1D. The largest absolute Gasteiger partial charge is 0.310 e. The van der Waals surface area contributed by atoms with Crippen molar-refractivity contribution in [1.82, 2.24) is 4.40 Å². The molecule has 0 radical (unpaired) electrons. The summed E-state index contributed by atoms with van der Waals surface area (Å²) >= 11 is 0. The van der Waals surface area contributed by atoms with E-state index in [2.05, 4.69) is 276 Å². The van der Waals surface area contributed by atoms with Gasteiger partial charge in [-0.25, -0.2) is 0 Å². The zero-order valence-electron chi connectivity index (χ0n) is 97.8. The number of pyridine rings is 1. The number of hydrogen-bond acceptors (Lipinski definition) is 1. The molecule has 13 aromatic rings. The molecule has 0 bridgehead atoms. The lowest BCUT2D eigenvalue weighted by Gasteiger charge is -2.35. The van der Waals surface area contributed by atoms with Crippen LogP contribution >= 0.6 is 0 Å². The van der Waals surface area contributed by atoms with Gasteiger partial charge in [0.2, 0.25) is 0 Å². The van der Waals surface area contributed by atoms with Crippen LogP contribution in [0.1, 0.15) is 111 Å². The quantitative estimate of drug-likeness (QED) is 0.144. The van der Waals surface area contributed by atoms with Crippen molar-refractivity contribution in [2.75, 3.05) is 4.90 Å². The van der Waals surface area contributed by atoms with E-state index in [1.807, 2.05) is 0 Å². The summed E-state index contributed by atoms with van der Waals surface area (Å²) in [5.41, 5.74) is 18.9. The number of nitrogens with zero attached hydrogens (tertiary/aromatic N) is 2. The fourth-order valence-corrected chi connectivity index (χ4v) is 11.8. The van der Waals surface area contributed by atoms with Crippen molar-refractivity contribution in [1.29, 1.82) is 0 Å². The van der Waals surface area contributed by atoms with Gasteiger partial charge in [-0.05, 0) is 121 Å². The molecule has 2 nitrogen and oxygen atoms in total. The summed E-state index contributed by atoms with van der Waals surface area (Å²) in [7, 11) is 0. The molecule has 2 heterocycles. The predicted octanol–water partition coefficient (Wildman–Crippen LogP) is 25.1. The molecule has 0 fully saturated rings. The Kier molecular flexibility index (Phi) is 4.44. The van der Waals surface area contributed by atoms with Crippen LogP contribution in [-0.2, 0) is 5.41 Å². The average Bonchev–Trinajstić information content (AvgIpc) is 1.55. The Hall–Kier alpha value is -8.98. The summed E-state index contributed by atoms with van der Waals surface area (Å²) < 4.78 is 302. The van der Waals surface area contributed by atoms with Crippen LogP contribution in [0.2, 0.25) is 0 Å². The Balaban J connectivity index is -0.000000120. The molecular weight excluding hydrogens is 833 g/mol. The van der Waals surface area contributed by atoms with Gasteiger partial charge in [-0.3, -0.25) is 0 Å². The molecule has 2 heteroatoms. The molecule has 382 valence electrons. The summed E-state index contributed by atoms with van der Waals surface area (Å²) in [5.74, 6) is 0. The zero-order valence-corrected chi connectivity index (χ0v) is 37.8. The van der Waals surface area contributed by atoms with Crippen molar-refractivity contribution in [2.45, 2.75) is 5.41 Å². The molecule has 2 aromatic heterocycles. The normalized spacial score (nSPS) is 16.2. The first-order valence-corrected chi connectivity index (χ1v) is 23.9. The summed E-state index contributed by atoms with van der Waals surface area (Å²) in [5, 5.41) is 7.41. The van der Waals surface area contributed by atoms with Crippen LogP contribution in [0.3, 0.4) is 0 Å². The van der Waals surface area contributed by atoms with Crippen molar-refractivity contribution in [2.24, 2.45) is 0 Å². The molecule has 0 N–H and O–H groups in total. The molecule has 0 aliphatic heterocycles. The van der Waals surface area contributed by atoms with Crippen LogP contribution in [0.25, 0.3) is 82.2 Å². The molecule has 0 saturated carbocycles. The van der Waals surface area contributed by atoms with Crippen molar-refractivity contribution < 1.29 is 89.1 Å². The van der Waals surface area contributed by atoms with Gasteiger partial charge in [-0.1, -0.05) is 212 Å². The van der Waals surface area contributed by atoms with E-state index >= 15 is 0 Å². The second kappa shape index (κ2) is 15.6. The van der Waals surface area contributed by atoms with Crippen LogP contribution in [0, 0.1) is 0 Å². The van der Waals surface area contributed by atoms with E-state index < -0.39 is 5.41 Å². The van der Waals surface area contributed by atoms with E-state index in [0.717, 1.165) is 17.1 Å². The summed E-state index contributed by atoms with van der Waals surface area (Å²) in [6.45, 7) is 0. The lowest BCUT2D eigenvalue weighted by molar-refractivity contribution is 0.768. The van der Waals surface area contributed by atoms with Crippen LogP contribution in [0.5, 0.6) is 0 Å². The monoisotopic (exact) mass is 997 g/mol. The van der Waals surface area contributed by atoms with Crippen LogP contribution in [0.4, 0.5) is 17.1 Å². The number of benzene rings is 11. The minimum Gasteiger partial charge on any atom is -0.310 e. The highest BCUT2D eigenvalue weighted by atomic mass is 15.1. The van der Waals surface area contributed by atoms with E-state index in [0.29, 0.717) is 0 Å². The van der Waals surface area contributed by atoms with Crippen molar-refractivity contribution in [3.8, 4) is 33.4 Å². The Bertz CT molecular complexity index is 4200. The van der Waals surface area contributed by atoms with Gasteiger partial charge in [-0.15, -0.1) is 0 Å². The molecule has 0 spiro atoms. The number of para-hydroxylation sites is 2. The Morgan fingerprint density at radius 3 is 1.64 bits per heavy atom. The Morgan fingerprint density at radius 2 is 0.884 bits per heavy atom. The summed E-state index contributed by atoms with van der Waals surface area (Å²) in [6.07, 6.45) is 0. The molecule has 1 aliphatic rings. The molecule has 11 aromatic carbocycles. The Morgan fingerprint density at radius 1 is 0.333 bits per heavy atom. The van der Waals surface area contributed by atoms with Crippen molar-refractivity contribution >= 4 is 65.9 Å². The molecule has 1 aliphatic carbocycles. The first-order valence-electron chi connectivity index (χ1n) is 53.9. The van der Waals surface area contributed by atoms with E-state index in [9.17, 15) is 0 Å². The van der Waals surface area contributed by atoms with Crippen molar-refractivity contribution in [3.05, 3.63) is 289 Å². The number of fused-ring (bicyclic) bond motifs is 12. The molecule has 69 heavy (non-hydrogen) atoms. The maximum absolute atomic E-state index is 5.00. The lowest BCUT2D eigenvalue weighted by atomic mass is 9.67. The van der Waals surface area contributed by atoms with Crippen LogP contribution in [0.15, 0.2) is 267 Å². The molecule has 0 saturated heterocycles. The third-order valence-electron chi connectivity index (χ3n) is 14.8. The molecular formula is C67H104N2. The van der Waals surface area contributed by atoms with Gasteiger partial charge < -0.3 is 9.30 Å². The fraction of sp³-hybridized carbons (Fsp3) is 0.0149. The highest BCUT2D eigenvalue weighted by molar-refractivity contribution is 6.22. The van der Waals surface area contributed by atoms with Gasteiger partial charge in [0.05, 0.1) is 22.0 Å². The van der Waals surface area contributed by atoms with Crippen LogP contribution in [-0.4, -0.2) is 4.40 Å². The maximum Gasteiger partial charge on any atom is 0.0714 e. The van der Waals surface area contributed by atoms with Gasteiger partial charge >= 0.3 is 0 Å². The molecule has 0 amide bonds. The lowest BCUT2D eigenvalue weighted by Crippen LogP contribution is -2.28. The number of hydrogen-bond donors (Lipinski definition) is 0. The fourth-order valence-electron chi connectivity index (χ4n) is 11.8. The first-order chi connectivity index (χ1) is 64.2. The minimum absolute atomic E-state index is 0.511. The average molecular weight is 998 g/mol. The van der Waals surface area contributed by atoms with E-state index in [1.165, 1.54) is 105 Å². The van der Waals surface area contributed by atoms with Gasteiger partial charge in [0.15, 0.2) is 0 Å². The summed E-state index contributed by atoms with van der Waals surface area (Å²) in [4.78, 5) is 2.44. The number of anilines is 3. The van der Waals surface area contributed by atoms with E-state index in [1.54, 1.807) is 0 Å². The second-order valence-corrected chi connectivity index (χ2v) is 18.4. The zero-order chi connectivity index (χ0) is 105. The molecule has 14 rings (SSSR count). The Labute approximate surface area is 493 Å². The number of rotatable bonds is 7. The second-order valence-electron chi connectivity index (χ2n) is 18.4. The third-order valence-corrected chi connectivity index (χ3v) is 14.8.